The van der Waals surface area contributed by atoms with Gasteiger partial charge in [0.05, 0.1) is 19.3 Å². The number of sulfone groups is 1. The molecule has 1 N–H and O–H groups in total. The first-order valence-corrected chi connectivity index (χ1v) is 7.30. The standard InChI is InChI=1S/C10H19NO5S/c1-10(2,17(3,14)15)9(13)11-4-5-16-8(6-11)7-12/h8,12H,4-7H2,1-3H3. The summed E-state index contributed by atoms with van der Waals surface area (Å²) in [6.07, 6.45) is 0.623. The van der Waals surface area contributed by atoms with E-state index in [0.717, 1.165) is 6.26 Å². The van der Waals surface area contributed by atoms with Gasteiger partial charge in [-0.15, -0.1) is 0 Å². The van der Waals surface area contributed by atoms with Crippen LogP contribution in [-0.4, -0.2) is 67.7 Å². The molecule has 0 aromatic rings. The van der Waals surface area contributed by atoms with Crippen LogP contribution in [-0.2, 0) is 19.4 Å². The van der Waals surface area contributed by atoms with Gasteiger partial charge in [0.15, 0.2) is 9.84 Å². The van der Waals surface area contributed by atoms with E-state index in [1.165, 1.54) is 18.7 Å². The summed E-state index contributed by atoms with van der Waals surface area (Å²) in [5.74, 6) is -0.443. The lowest BCUT2D eigenvalue weighted by atomic mass is 10.1. The van der Waals surface area contributed by atoms with E-state index in [-0.39, 0.29) is 13.2 Å². The van der Waals surface area contributed by atoms with Crippen LogP contribution in [0.5, 0.6) is 0 Å². The molecule has 7 heteroatoms. The molecule has 17 heavy (non-hydrogen) atoms. The Hall–Kier alpha value is -0.660. The molecular weight excluding hydrogens is 246 g/mol. The lowest BCUT2D eigenvalue weighted by molar-refractivity contribution is -0.142. The Kier molecular flexibility index (Phi) is 4.16. The van der Waals surface area contributed by atoms with Crippen molar-refractivity contribution in [2.75, 3.05) is 32.6 Å². The molecule has 0 saturated carbocycles. The lowest BCUT2D eigenvalue weighted by Crippen LogP contribution is -2.55. The number of nitrogens with zero attached hydrogens (tertiary/aromatic N) is 1. The summed E-state index contributed by atoms with van der Waals surface area (Å²) >= 11 is 0. The maximum Gasteiger partial charge on any atom is 0.243 e. The molecule has 1 aliphatic rings. The minimum Gasteiger partial charge on any atom is -0.394 e. The molecule has 0 aliphatic carbocycles. The van der Waals surface area contributed by atoms with Crippen molar-refractivity contribution in [1.29, 1.82) is 0 Å². The Morgan fingerprint density at radius 1 is 1.53 bits per heavy atom. The van der Waals surface area contributed by atoms with Crippen molar-refractivity contribution in [1.82, 2.24) is 4.90 Å². The predicted octanol–water partition coefficient (Wildman–Crippen LogP) is -0.971. The van der Waals surface area contributed by atoms with Crippen LogP contribution in [0.4, 0.5) is 0 Å². The molecule has 1 fully saturated rings. The third kappa shape index (κ3) is 2.97. The van der Waals surface area contributed by atoms with Crippen LogP contribution in [0.1, 0.15) is 13.8 Å². The molecule has 0 spiro atoms. The number of amides is 1. The zero-order valence-electron chi connectivity index (χ0n) is 10.3. The van der Waals surface area contributed by atoms with E-state index in [9.17, 15) is 13.2 Å². The molecule has 1 aliphatic heterocycles. The number of morpholine rings is 1. The Labute approximate surface area is 101 Å². The second-order valence-corrected chi connectivity index (χ2v) is 7.27. The molecule has 1 amide bonds. The van der Waals surface area contributed by atoms with E-state index in [1.54, 1.807) is 0 Å². The van der Waals surface area contributed by atoms with Crippen molar-refractivity contribution < 1.29 is 23.1 Å². The number of ether oxygens (including phenoxy) is 1. The molecule has 6 nitrogen and oxygen atoms in total. The molecule has 0 bridgehead atoms. The first-order valence-electron chi connectivity index (χ1n) is 5.41. The molecule has 0 radical (unpaired) electrons. The van der Waals surface area contributed by atoms with Gasteiger partial charge in [-0.3, -0.25) is 4.79 Å². The van der Waals surface area contributed by atoms with E-state index in [2.05, 4.69) is 0 Å². The minimum atomic E-state index is -3.47. The molecule has 1 rings (SSSR count). The molecule has 1 atom stereocenters. The topological polar surface area (TPSA) is 83.9 Å². The Balaban J connectivity index is 2.83. The summed E-state index contributed by atoms with van der Waals surface area (Å²) in [4.78, 5) is 13.6. The van der Waals surface area contributed by atoms with Crippen molar-refractivity contribution in [2.24, 2.45) is 0 Å². The van der Waals surface area contributed by atoms with Crippen LogP contribution in [0.15, 0.2) is 0 Å². The van der Waals surface area contributed by atoms with Crippen LogP contribution in [0.25, 0.3) is 0 Å². The zero-order valence-corrected chi connectivity index (χ0v) is 11.2. The highest BCUT2D eigenvalue weighted by Gasteiger charge is 2.42. The molecule has 0 aromatic heterocycles. The number of hydrogen-bond donors (Lipinski definition) is 1. The largest absolute Gasteiger partial charge is 0.394 e. The highest BCUT2D eigenvalue weighted by molar-refractivity contribution is 7.92. The first-order chi connectivity index (χ1) is 7.70. The number of aliphatic hydroxyl groups excluding tert-OH is 1. The van der Waals surface area contributed by atoms with E-state index in [0.29, 0.717) is 13.2 Å². The summed E-state index contributed by atoms with van der Waals surface area (Å²) in [6.45, 7) is 3.52. The molecule has 0 aromatic carbocycles. The molecular formula is C10H19NO5S. The second-order valence-electron chi connectivity index (χ2n) is 4.71. The van der Waals surface area contributed by atoms with Crippen molar-refractivity contribution in [2.45, 2.75) is 24.7 Å². The minimum absolute atomic E-state index is 0.177. The van der Waals surface area contributed by atoms with Gasteiger partial charge in [-0.05, 0) is 13.8 Å². The monoisotopic (exact) mass is 265 g/mol. The third-order valence-electron chi connectivity index (χ3n) is 3.07. The van der Waals surface area contributed by atoms with Crippen LogP contribution >= 0.6 is 0 Å². The average Bonchev–Trinajstić information content (AvgIpc) is 2.26. The van der Waals surface area contributed by atoms with Gasteiger partial charge < -0.3 is 14.7 Å². The van der Waals surface area contributed by atoms with Crippen LogP contribution in [0, 0.1) is 0 Å². The van der Waals surface area contributed by atoms with E-state index in [1.807, 2.05) is 0 Å². The van der Waals surface area contributed by atoms with Gasteiger partial charge in [-0.1, -0.05) is 0 Å². The first kappa shape index (κ1) is 14.4. The average molecular weight is 265 g/mol. The van der Waals surface area contributed by atoms with Gasteiger partial charge in [-0.2, -0.15) is 0 Å². The molecule has 1 unspecified atom stereocenters. The maximum atomic E-state index is 12.1. The van der Waals surface area contributed by atoms with Crippen molar-refractivity contribution in [3.05, 3.63) is 0 Å². The van der Waals surface area contributed by atoms with Gasteiger partial charge in [0.25, 0.3) is 0 Å². The van der Waals surface area contributed by atoms with Gasteiger partial charge in [0, 0.05) is 19.3 Å². The highest BCUT2D eigenvalue weighted by atomic mass is 32.2. The fraction of sp³-hybridized carbons (Fsp3) is 0.900. The van der Waals surface area contributed by atoms with Crippen LogP contribution < -0.4 is 0 Å². The highest BCUT2D eigenvalue weighted by Crippen LogP contribution is 2.20. The number of hydrogen-bond acceptors (Lipinski definition) is 5. The normalized spacial score (nSPS) is 22.6. The number of aliphatic hydroxyl groups is 1. The predicted molar refractivity (Wildman–Crippen MR) is 62.3 cm³/mol. The Morgan fingerprint density at radius 3 is 2.59 bits per heavy atom. The van der Waals surface area contributed by atoms with Gasteiger partial charge >= 0.3 is 0 Å². The van der Waals surface area contributed by atoms with Crippen molar-refractivity contribution in [3.8, 4) is 0 Å². The third-order valence-corrected chi connectivity index (χ3v) is 5.10. The summed E-state index contributed by atoms with van der Waals surface area (Å²) in [7, 11) is -3.47. The molecule has 1 saturated heterocycles. The van der Waals surface area contributed by atoms with Gasteiger partial charge in [0.2, 0.25) is 5.91 Å². The van der Waals surface area contributed by atoms with Gasteiger partial charge in [-0.25, -0.2) is 8.42 Å². The number of rotatable bonds is 3. The summed E-state index contributed by atoms with van der Waals surface area (Å²) in [5.41, 5.74) is 0. The van der Waals surface area contributed by atoms with Gasteiger partial charge in [0.1, 0.15) is 4.75 Å². The smallest absolute Gasteiger partial charge is 0.243 e. The van der Waals surface area contributed by atoms with Crippen molar-refractivity contribution in [3.63, 3.8) is 0 Å². The van der Waals surface area contributed by atoms with E-state index >= 15 is 0 Å². The van der Waals surface area contributed by atoms with Crippen LogP contribution in [0.2, 0.25) is 0 Å². The summed E-state index contributed by atoms with van der Waals surface area (Å²) < 4.78 is 26.9. The maximum absolute atomic E-state index is 12.1. The van der Waals surface area contributed by atoms with E-state index < -0.39 is 26.6 Å². The molecule has 1 heterocycles. The Bertz CT molecular complexity index is 390. The zero-order chi connectivity index (χ0) is 13.3. The van der Waals surface area contributed by atoms with Crippen molar-refractivity contribution >= 4 is 15.7 Å². The fourth-order valence-corrected chi connectivity index (χ4v) is 2.00. The quantitative estimate of drug-likeness (QED) is 0.710. The second kappa shape index (κ2) is 4.91. The summed E-state index contributed by atoms with van der Waals surface area (Å²) in [5, 5.41) is 8.97. The van der Waals surface area contributed by atoms with Crippen LogP contribution in [0.3, 0.4) is 0 Å². The molecule has 100 valence electrons. The lowest BCUT2D eigenvalue weighted by Gasteiger charge is -2.36. The number of carbonyl (C=O) groups is 1. The Morgan fingerprint density at radius 2 is 2.12 bits per heavy atom. The fourth-order valence-electron chi connectivity index (χ4n) is 1.55. The summed E-state index contributed by atoms with van der Waals surface area (Å²) in [6, 6.07) is 0. The number of carbonyl (C=O) groups excluding carboxylic acids is 1. The SMILES string of the molecule is CC(C)(C(=O)N1CCOC(CO)C1)S(C)(=O)=O. The van der Waals surface area contributed by atoms with E-state index in [4.69, 9.17) is 9.84 Å².